The van der Waals surface area contributed by atoms with Gasteiger partial charge in [-0.15, -0.1) is 0 Å². The summed E-state index contributed by atoms with van der Waals surface area (Å²) in [7, 11) is 7.69. The van der Waals surface area contributed by atoms with Crippen LogP contribution in [-0.4, -0.2) is 62.9 Å². The zero-order valence-corrected chi connectivity index (χ0v) is 16.2. The van der Waals surface area contributed by atoms with Gasteiger partial charge >= 0.3 is 0 Å². The summed E-state index contributed by atoms with van der Waals surface area (Å²) in [6, 6.07) is 15.7. The summed E-state index contributed by atoms with van der Waals surface area (Å²) in [6.45, 7) is 2.75. The standard InChI is InChI=1S/C21H30N2O3/c1-22(2)12-13-26-20-11-10-17(14-21(20)25-4)15-23(3)16-19(24)18-8-6-5-7-9-18/h5-11,14,19,24H,12-13,15-16H2,1-4H3. The summed E-state index contributed by atoms with van der Waals surface area (Å²) < 4.78 is 11.3. The Balaban J connectivity index is 1.93. The lowest BCUT2D eigenvalue weighted by atomic mass is 10.1. The van der Waals surface area contributed by atoms with Crippen molar-refractivity contribution in [1.82, 2.24) is 9.80 Å². The van der Waals surface area contributed by atoms with Gasteiger partial charge in [-0.25, -0.2) is 0 Å². The van der Waals surface area contributed by atoms with Crippen LogP contribution in [0, 0.1) is 0 Å². The van der Waals surface area contributed by atoms with Gasteiger partial charge in [-0.3, -0.25) is 4.90 Å². The van der Waals surface area contributed by atoms with Crippen LogP contribution in [0.2, 0.25) is 0 Å². The molecule has 0 radical (unpaired) electrons. The molecule has 5 heteroatoms. The van der Waals surface area contributed by atoms with Crippen LogP contribution in [0.4, 0.5) is 0 Å². The third kappa shape index (κ3) is 6.33. The molecule has 0 heterocycles. The molecule has 0 spiro atoms. The lowest BCUT2D eigenvalue weighted by molar-refractivity contribution is 0.124. The molecule has 0 aliphatic rings. The Morgan fingerprint density at radius 1 is 1.00 bits per heavy atom. The highest BCUT2D eigenvalue weighted by Crippen LogP contribution is 2.28. The second-order valence-corrected chi connectivity index (χ2v) is 6.76. The van der Waals surface area contributed by atoms with Crippen molar-refractivity contribution in [2.45, 2.75) is 12.6 Å². The predicted octanol–water partition coefficient (Wildman–Crippen LogP) is 2.80. The van der Waals surface area contributed by atoms with E-state index < -0.39 is 6.10 Å². The van der Waals surface area contributed by atoms with Crippen LogP contribution in [0.3, 0.4) is 0 Å². The number of hydrogen-bond acceptors (Lipinski definition) is 5. The van der Waals surface area contributed by atoms with E-state index in [0.717, 1.165) is 35.7 Å². The molecular formula is C21H30N2O3. The molecule has 0 fully saturated rings. The van der Waals surface area contributed by atoms with E-state index >= 15 is 0 Å². The van der Waals surface area contributed by atoms with Crippen LogP contribution in [0.15, 0.2) is 48.5 Å². The molecule has 2 aromatic rings. The van der Waals surface area contributed by atoms with Crippen LogP contribution in [0.25, 0.3) is 0 Å². The molecule has 0 saturated carbocycles. The highest BCUT2D eigenvalue weighted by molar-refractivity contribution is 5.43. The molecule has 142 valence electrons. The molecule has 0 aromatic heterocycles. The van der Waals surface area contributed by atoms with Gasteiger partial charge in [-0.2, -0.15) is 0 Å². The second-order valence-electron chi connectivity index (χ2n) is 6.76. The Morgan fingerprint density at radius 2 is 1.73 bits per heavy atom. The number of hydrogen-bond donors (Lipinski definition) is 1. The number of benzene rings is 2. The SMILES string of the molecule is COc1cc(CN(C)CC(O)c2ccccc2)ccc1OCCN(C)C. The summed E-state index contributed by atoms with van der Waals surface area (Å²) in [5.74, 6) is 1.49. The van der Waals surface area contributed by atoms with E-state index in [1.54, 1.807) is 7.11 Å². The molecule has 0 saturated heterocycles. The zero-order chi connectivity index (χ0) is 18.9. The predicted molar refractivity (Wildman–Crippen MR) is 105 cm³/mol. The van der Waals surface area contributed by atoms with E-state index in [4.69, 9.17) is 9.47 Å². The summed E-state index contributed by atoms with van der Waals surface area (Å²) in [5, 5.41) is 10.4. The monoisotopic (exact) mass is 358 g/mol. The smallest absolute Gasteiger partial charge is 0.161 e. The maximum absolute atomic E-state index is 10.4. The van der Waals surface area contributed by atoms with Gasteiger partial charge in [0.05, 0.1) is 13.2 Å². The van der Waals surface area contributed by atoms with Crippen molar-refractivity contribution >= 4 is 0 Å². The van der Waals surface area contributed by atoms with Crippen molar-refractivity contribution in [3.05, 3.63) is 59.7 Å². The van der Waals surface area contributed by atoms with E-state index in [1.807, 2.05) is 69.7 Å². The number of aliphatic hydroxyl groups excluding tert-OH is 1. The lowest BCUT2D eigenvalue weighted by Crippen LogP contribution is -2.24. The van der Waals surface area contributed by atoms with Crippen LogP contribution >= 0.6 is 0 Å². The van der Waals surface area contributed by atoms with Crippen molar-refractivity contribution in [3.63, 3.8) is 0 Å². The first kappa shape index (κ1) is 20.2. The molecule has 2 rings (SSSR count). The lowest BCUT2D eigenvalue weighted by Gasteiger charge is -2.21. The van der Waals surface area contributed by atoms with Crippen molar-refractivity contribution in [2.24, 2.45) is 0 Å². The Hall–Kier alpha value is -2.08. The number of methoxy groups -OCH3 is 1. The van der Waals surface area contributed by atoms with Gasteiger partial charge in [-0.1, -0.05) is 36.4 Å². The molecule has 0 bridgehead atoms. The van der Waals surface area contributed by atoms with Gasteiger partial charge in [0.2, 0.25) is 0 Å². The van der Waals surface area contributed by atoms with E-state index in [0.29, 0.717) is 13.2 Å². The summed E-state index contributed by atoms with van der Waals surface area (Å²) >= 11 is 0. The minimum absolute atomic E-state index is 0.503. The highest BCUT2D eigenvalue weighted by Gasteiger charge is 2.12. The van der Waals surface area contributed by atoms with Gasteiger partial charge in [0.25, 0.3) is 0 Å². The van der Waals surface area contributed by atoms with Gasteiger partial charge in [0.15, 0.2) is 11.5 Å². The van der Waals surface area contributed by atoms with Crippen LogP contribution in [0.5, 0.6) is 11.5 Å². The van der Waals surface area contributed by atoms with Crippen molar-refractivity contribution in [1.29, 1.82) is 0 Å². The van der Waals surface area contributed by atoms with Gasteiger partial charge in [0.1, 0.15) is 6.61 Å². The fourth-order valence-electron chi connectivity index (χ4n) is 2.72. The Labute approximate surface area is 156 Å². The molecule has 0 amide bonds. The van der Waals surface area contributed by atoms with Crippen molar-refractivity contribution in [2.75, 3.05) is 47.9 Å². The van der Waals surface area contributed by atoms with Gasteiger partial charge in [0, 0.05) is 19.6 Å². The summed E-state index contributed by atoms with van der Waals surface area (Å²) in [4.78, 5) is 4.17. The fraction of sp³-hybridized carbons (Fsp3) is 0.429. The summed E-state index contributed by atoms with van der Waals surface area (Å²) in [5.41, 5.74) is 2.05. The number of aliphatic hydroxyl groups is 1. The number of nitrogens with zero attached hydrogens (tertiary/aromatic N) is 2. The first-order chi connectivity index (χ1) is 12.5. The Kier molecular flexibility index (Phi) is 7.91. The van der Waals surface area contributed by atoms with E-state index in [2.05, 4.69) is 9.80 Å². The third-order valence-electron chi connectivity index (χ3n) is 4.15. The van der Waals surface area contributed by atoms with Gasteiger partial charge in [-0.05, 0) is 44.4 Å². The average molecular weight is 358 g/mol. The zero-order valence-electron chi connectivity index (χ0n) is 16.2. The molecular weight excluding hydrogens is 328 g/mol. The minimum Gasteiger partial charge on any atom is -0.493 e. The second kappa shape index (κ2) is 10.2. The fourth-order valence-corrected chi connectivity index (χ4v) is 2.72. The molecule has 2 aromatic carbocycles. The highest BCUT2D eigenvalue weighted by atomic mass is 16.5. The number of ether oxygens (including phenoxy) is 2. The molecule has 1 N–H and O–H groups in total. The molecule has 1 unspecified atom stereocenters. The molecule has 5 nitrogen and oxygen atoms in total. The Bertz CT molecular complexity index is 662. The van der Waals surface area contributed by atoms with Gasteiger partial charge < -0.3 is 19.5 Å². The van der Waals surface area contributed by atoms with E-state index in [1.165, 1.54) is 0 Å². The molecule has 0 aliphatic carbocycles. The first-order valence-corrected chi connectivity index (χ1v) is 8.85. The molecule has 26 heavy (non-hydrogen) atoms. The largest absolute Gasteiger partial charge is 0.493 e. The van der Waals surface area contributed by atoms with Crippen LogP contribution in [0.1, 0.15) is 17.2 Å². The Morgan fingerprint density at radius 3 is 2.38 bits per heavy atom. The first-order valence-electron chi connectivity index (χ1n) is 8.85. The molecule has 1 atom stereocenters. The van der Waals surface area contributed by atoms with Crippen molar-refractivity contribution in [3.8, 4) is 11.5 Å². The molecule has 0 aliphatic heterocycles. The number of rotatable bonds is 10. The summed E-state index contributed by atoms with van der Waals surface area (Å²) in [6.07, 6.45) is -0.503. The van der Waals surface area contributed by atoms with Crippen molar-refractivity contribution < 1.29 is 14.6 Å². The minimum atomic E-state index is -0.503. The maximum atomic E-state index is 10.4. The third-order valence-corrected chi connectivity index (χ3v) is 4.15. The quantitative estimate of drug-likeness (QED) is 0.708. The topological polar surface area (TPSA) is 45.2 Å². The normalized spacial score (nSPS) is 12.4. The van der Waals surface area contributed by atoms with E-state index in [-0.39, 0.29) is 0 Å². The number of likely N-dealkylation sites (N-methyl/N-ethyl adjacent to an activating group) is 2. The average Bonchev–Trinajstić information content (AvgIpc) is 2.63. The van der Waals surface area contributed by atoms with Crippen LogP contribution < -0.4 is 9.47 Å². The van der Waals surface area contributed by atoms with Crippen LogP contribution in [-0.2, 0) is 6.54 Å². The maximum Gasteiger partial charge on any atom is 0.161 e. The van der Waals surface area contributed by atoms with E-state index in [9.17, 15) is 5.11 Å².